The third kappa shape index (κ3) is 3.25. The van der Waals surface area contributed by atoms with E-state index in [2.05, 4.69) is 0 Å². The first kappa shape index (κ1) is 13.0. The van der Waals surface area contributed by atoms with Gasteiger partial charge in [0.15, 0.2) is 0 Å². The average molecular weight is 257 g/mol. The van der Waals surface area contributed by atoms with Gasteiger partial charge in [-0.25, -0.2) is 4.79 Å². The van der Waals surface area contributed by atoms with Crippen LogP contribution >= 0.6 is 0 Å². The summed E-state index contributed by atoms with van der Waals surface area (Å²) >= 11 is 0. The molecule has 2 N–H and O–H groups in total. The van der Waals surface area contributed by atoms with Crippen molar-refractivity contribution in [1.29, 1.82) is 0 Å². The van der Waals surface area contributed by atoms with E-state index in [1.807, 2.05) is 0 Å². The van der Waals surface area contributed by atoms with Crippen LogP contribution in [0.15, 0.2) is 48.5 Å². The molecule has 0 aliphatic carbocycles. The van der Waals surface area contributed by atoms with Crippen molar-refractivity contribution in [3.63, 3.8) is 0 Å². The van der Waals surface area contributed by atoms with E-state index in [0.717, 1.165) is 0 Å². The molecule has 2 aromatic carbocycles. The lowest BCUT2D eigenvalue weighted by molar-refractivity contribution is 0.0523. The summed E-state index contributed by atoms with van der Waals surface area (Å²) in [4.78, 5) is 11.8. The van der Waals surface area contributed by atoms with Crippen LogP contribution in [-0.4, -0.2) is 12.6 Å². The summed E-state index contributed by atoms with van der Waals surface area (Å²) in [5.74, 6) is 0.630. The molecule has 0 atom stereocenters. The molecule has 0 saturated heterocycles. The number of nitrogens with two attached hydrogens (primary N) is 1. The fourth-order valence-corrected chi connectivity index (χ4v) is 1.64. The molecule has 2 aromatic rings. The van der Waals surface area contributed by atoms with Gasteiger partial charge in [-0.05, 0) is 31.2 Å². The Balaban J connectivity index is 2.27. The highest BCUT2D eigenvalue weighted by atomic mass is 16.5. The number of ether oxygens (including phenoxy) is 2. The zero-order valence-electron chi connectivity index (χ0n) is 10.6. The number of nitrogen functional groups attached to an aromatic ring is 1. The first-order valence-electron chi connectivity index (χ1n) is 6.00. The van der Waals surface area contributed by atoms with Gasteiger partial charge in [-0.1, -0.05) is 18.2 Å². The van der Waals surface area contributed by atoms with Gasteiger partial charge in [0.2, 0.25) is 0 Å². The zero-order valence-corrected chi connectivity index (χ0v) is 10.6. The molecule has 19 heavy (non-hydrogen) atoms. The van der Waals surface area contributed by atoms with Gasteiger partial charge >= 0.3 is 5.97 Å². The summed E-state index contributed by atoms with van der Waals surface area (Å²) in [6.07, 6.45) is 0. The summed E-state index contributed by atoms with van der Waals surface area (Å²) in [7, 11) is 0. The van der Waals surface area contributed by atoms with Crippen molar-refractivity contribution < 1.29 is 14.3 Å². The number of benzene rings is 2. The monoisotopic (exact) mass is 257 g/mol. The number of carbonyl (C=O) groups is 1. The molecule has 4 nitrogen and oxygen atoms in total. The highest BCUT2D eigenvalue weighted by Crippen LogP contribution is 2.26. The second-order valence-electron chi connectivity index (χ2n) is 3.89. The van der Waals surface area contributed by atoms with Crippen LogP contribution in [0.2, 0.25) is 0 Å². The van der Waals surface area contributed by atoms with Gasteiger partial charge in [0, 0.05) is 11.8 Å². The van der Waals surface area contributed by atoms with Crippen molar-refractivity contribution in [3.8, 4) is 11.5 Å². The molecule has 0 bridgehead atoms. The summed E-state index contributed by atoms with van der Waals surface area (Å²) in [6.45, 7) is 2.09. The quantitative estimate of drug-likeness (QED) is 0.674. The van der Waals surface area contributed by atoms with Crippen LogP contribution in [0.1, 0.15) is 17.3 Å². The van der Waals surface area contributed by atoms with Crippen molar-refractivity contribution in [3.05, 3.63) is 54.1 Å². The molecule has 2 rings (SSSR count). The van der Waals surface area contributed by atoms with Crippen LogP contribution in [0.25, 0.3) is 0 Å². The Morgan fingerprint density at radius 2 is 1.95 bits per heavy atom. The minimum Gasteiger partial charge on any atom is -0.462 e. The second kappa shape index (κ2) is 5.91. The topological polar surface area (TPSA) is 61.5 Å². The highest BCUT2D eigenvalue weighted by Gasteiger charge is 2.13. The Morgan fingerprint density at radius 3 is 2.68 bits per heavy atom. The standard InChI is InChI=1S/C15H15NO3/c1-2-18-15(17)13-8-3-4-9-14(13)19-12-7-5-6-11(16)10-12/h3-10H,2,16H2,1H3. The average Bonchev–Trinajstić information content (AvgIpc) is 2.39. The minimum absolute atomic E-state index is 0.325. The van der Waals surface area contributed by atoms with Gasteiger partial charge in [0.05, 0.1) is 6.61 Å². The third-order valence-electron chi connectivity index (χ3n) is 2.47. The lowest BCUT2D eigenvalue weighted by Crippen LogP contribution is -2.06. The van der Waals surface area contributed by atoms with Crippen LogP contribution in [0.4, 0.5) is 5.69 Å². The van der Waals surface area contributed by atoms with E-state index in [-0.39, 0.29) is 0 Å². The number of rotatable bonds is 4. The number of hydrogen-bond donors (Lipinski definition) is 1. The molecular weight excluding hydrogens is 242 g/mol. The second-order valence-corrected chi connectivity index (χ2v) is 3.89. The lowest BCUT2D eigenvalue weighted by atomic mass is 10.2. The van der Waals surface area contributed by atoms with Gasteiger partial charge in [-0.3, -0.25) is 0 Å². The van der Waals surface area contributed by atoms with Gasteiger partial charge in [0.25, 0.3) is 0 Å². The van der Waals surface area contributed by atoms with E-state index in [1.165, 1.54) is 0 Å². The van der Waals surface area contributed by atoms with Gasteiger partial charge < -0.3 is 15.2 Å². The van der Waals surface area contributed by atoms with E-state index >= 15 is 0 Å². The Hall–Kier alpha value is -2.49. The third-order valence-corrected chi connectivity index (χ3v) is 2.47. The number of hydrogen-bond acceptors (Lipinski definition) is 4. The highest BCUT2D eigenvalue weighted by molar-refractivity contribution is 5.92. The molecular formula is C15H15NO3. The maximum atomic E-state index is 11.8. The zero-order chi connectivity index (χ0) is 13.7. The van der Waals surface area contributed by atoms with E-state index in [1.54, 1.807) is 55.5 Å². The lowest BCUT2D eigenvalue weighted by Gasteiger charge is -2.10. The van der Waals surface area contributed by atoms with Crippen LogP contribution < -0.4 is 10.5 Å². The Morgan fingerprint density at radius 1 is 1.16 bits per heavy atom. The van der Waals surface area contributed by atoms with Crippen LogP contribution in [0.3, 0.4) is 0 Å². The molecule has 0 saturated carbocycles. The van der Waals surface area contributed by atoms with E-state index < -0.39 is 5.97 Å². The number of carbonyl (C=O) groups excluding carboxylic acids is 1. The first-order valence-corrected chi connectivity index (χ1v) is 6.00. The van der Waals surface area contributed by atoms with Crippen molar-refractivity contribution in [2.75, 3.05) is 12.3 Å². The van der Waals surface area contributed by atoms with Crippen molar-refractivity contribution in [2.45, 2.75) is 6.92 Å². The Kier molecular flexibility index (Phi) is 4.03. The molecule has 0 radical (unpaired) electrons. The van der Waals surface area contributed by atoms with Crippen LogP contribution in [0, 0.1) is 0 Å². The summed E-state index contributed by atoms with van der Waals surface area (Å²) in [5.41, 5.74) is 6.68. The van der Waals surface area contributed by atoms with E-state index in [4.69, 9.17) is 15.2 Å². The maximum Gasteiger partial charge on any atom is 0.341 e. The fourth-order valence-electron chi connectivity index (χ4n) is 1.64. The molecule has 0 aliphatic rings. The van der Waals surface area contributed by atoms with Gasteiger partial charge in [-0.2, -0.15) is 0 Å². The molecule has 0 unspecified atom stereocenters. The largest absolute Gasteiger partial charge is 0.462 e. The minimum atomic E-state index is -0.401. The number of anilines is 1. The molecule has 0 amide bonds. The molecule has 98 valence electrons. The SMILES string of the molecule is CCOC(=O)c1ccccc1Oc1cccc(N)c1. The summed E-state index contributed by atoms with van der Waals surface area (Å²) < 4.78 is 10.7. The normalized spacial score (nSPS) is 9.95. The van der Waals surface area contributed by atoms with Crippen molar-refractivity contribution in [2.24, 2.45) is 0 Å². The number of esters is 1. The fraction of sp³-hybridized carbons (Fsp3) is 0.133. The molecule has 0 heterocycles. The van der Waals surface area contributed by atoms with Gasteiger partial charge in [-0.15, -0.1) is 0 Å². The Labute approximate surface area is 111 Å². The smallest absolute Gasteiger partial charge is 0.341 e. The predicted octanol–water partition coefficient (Wildman–Crippen LogP) is 3.24. The Bertz CT molecular complexity index is 581. The molecule has 0 aliphatic heterocycles. The number of para-hydroxylation sites is 1. The van der Waals surface area contributed by atoms with E-state index in [0.29, 0.717) is 29.4 Å². The summed E-state index contributed by atoms with van der Waals surface area (Å²) in [5, 5.41) is 0. The molecule has 0 aromatic heterocycles. The first-order chi connectivity index (χ1) is 9.20. The van der Waals surface area contributed by atoms with Crippen molar-refractivity contribution in [1.82, 2.24) is 0 Å². The maximum absolute atomic E-state index is 11.8. The molecule has 0 fully saturated rings. The van der Waals surface area contributed by atoms with Gasteiger partial charge in [0.1, 0.15) is 17.1 Å². The van der Waals surface area contributed by atoms with E-state index in [9.17, 15) is 4.79 Å². The predicted molar refractivity (Wildman–Crippen MR) is 73.3 cm³/mol. The molecule has 0 spiro atoms. The summed E-state index contributed by atoms with van der Waals surface area (Å²) in [6, 6.07) is 14.0. The molecule has 4 heteroatoms. The van der Waals surface area contributed by atoms with Crippen LogP contribution in [0.5, 0.6) is 11.5 Å². The van der Waals surface area contributed by atoms with Crippen molar-refractivity contribution >= 4 is 11.7 Å². The van der Waals surface area contributed by atoms with Crippen LogP contribution in [-0.2, 0) is 4.74 Å².